The lowest BCUT2D eigenvalue weighted by molar-refractivity contribution is 0.0697. The van der Waals surface area contributed by atoms with Crippen LogP contribution >= 0.6 is 23.2 Å². The van der Waals surface area contributed by atoms with Crippen molar-refractivity contribution in [2.45, 2.75) is 0 Å². The first-order chi connectivity index (χ1) is 9.88. The van der Waals surface area contributed by atoms with Gasteiger partial charge >= 0.3 is 5.97 Å². The highest BCUT2D eigenvalue weighted by atomic mass is 35.5. The van der Waals surface area contributed by atoms with Crippen LogP contribution in [0, 0.1) is 0 Å². The molecule has 0 radical (unpaired) electrons. The van der Waals surface area contributed by atoms with Crippen molar-refractivity contribution in [2.24, 2.45) is 0 Å². The van der Waals surface area contributed by atoms with Crippen LogP contribution < -0.4 is 5.32 Å². The molecule has 0 saturated heterocycles. The van der Waals surface area contributed by atoms with E-state index >= 15 is 0 Å². The molecule has 0 saturated carbocycles. The largest absolute Gasteiger partial charge is 0.508 e. The maximum absolute atomic E-state index is 12.0. The monoisotopic (exact) mass is 326 g/mol. The summed E-state index contributed by atoms with van der Waals surface area (Å²) in [6, 6.07) is 4.88. The Kier molecular flexibility index (Phi) is 4.30. The number of halogens is 2. The topological polar surface area (TPSA) is 99.5 Å². The molecule has 0 bridgehead atoms. The molecule has 0 unspecified atom stereocenters. The molecular formula is C13H8Cl2N2O4. The number of rotatable bonds is 3. The predicted octanol–water partition coefficient (Wildman–Crippen LogP) is 3.04. The molecule has 21 heavy (non-hydrogen) atoms. The van der Waals surface area contributed by atoms with E-state index in [1.165, 1.54) is 24.4 Å². The average molecular weight is 327 g/mol. The maximum Gasteiger partial charge on any atom is 0.337 e. The molecule has 0 aliphatic heterocycles. The van der Waals surface area contributed by atoms with Crippen LogP contribution in [0.5, 0.6) is 5.75 Å². The molecule has 1 aromatic carbocycles. The molecular weight excluding hydrogens is 319 g/mol. The second-order valence-electron chi connectivity index (χ2n) is 3.99. The molecule has 1 heterocycles. The number of phenolic OH excluding ortho intramolecular Hbond substituents is 1. The van der Waals surface area contributed by atoms with Crippen LogP contribution in [-0.2, 0) is 0 Å². The normalized spacial score (nSPS) is 10.2. The quantitative estimate of drug-likeness (QED) is 0.594. The van der Waals surface area contributed by atoms with E-state index in [0.29, 0.717) is 0 Å². The van der Waals surface area contributed by atoms with Crippen LogP contribution in [-0.4, -0.2) is 27.1 Å². The summed E-state index contributed by atoms with van der Waals surface area (Å²) in [7, 11) is 0. The molecule has 108 valence electrons. The number of nitrogens with one attached hydrogen (secondary N) is 1. The van der Waals surface area contributed by atoms with Crippen molar-refractivity contribution in [3.05, 3.63) is 51.8 Å². The van der Waals surface area contributed by atoms with E-state index in [1.54, 1.807) is 0 Å². The Hall–Kier alpha value is -2.31. The van der Waals surface area contributed by atoms with Gasteiger partial charge in [-0.05, 0) is 24.3 Å². The van der Waals surface area contributed by atoms with E-state index in [0.717, 1.165) is 6.07 Å². The summed E-state index contributed by atoms with van der Waals surface area (Å²) in [5.74, 6) is -2.11. The van der Waals surface area contributed by atoms with Crippen LogP contribution in [0.25, 0.3) is 0 Å². The number of carbonyl (C=O) groups excluding carboxylic acids is 1. The third-order valence-electron chi connectivity index (χ3n) is 2.54. The number of hydrogen-bond acceptors (Lipinski definition) is 4. The number of aromatic carboxylic acids is 1. The number of carboxylic acid groups (broad SMARTS) is 1. The van der Waals surface area contributed by atoms with Gasteiger partial charge in [0.2, 0.25) is 0 Å². The first-order valence-electron chi connectivity index (χ1n) is 5.57. The lowest BCUT2D eigenvalue weighted by atomic mass is 10.1. The zero-order valence-electron chi connectivity index (χ0n) is 10.3. The Morgan fingerprint density at radius 2 is 1.90 bits per heavy atom. The van der Waals surface area contributed by atoms with E-state index in [-0.39, 0.29) is 32.7 Å². The molecule has 8 heteroatoms. The van der Waals surface area contributed by atoms with Crippen LogP contribution in [0.1, 0.15) is 20.7 Å². The summed E-state index contributed by atoms with van der Waals surface area (Å²) >= 11 is 11.4. The van der Waals surface area contributed by atoms with Crippen molar-refractivity contribution < 1.29 is 19.8 Å². The molecule has 0 aliphatic carbocycles. The number of hydrogen-bond donors (Lipinski definition) is 3. The highest BCUT2D eigenvalue weighted by molar-refractivity contribution is 6.41. The van der Waals surface area contributed by atoms with Gasteiger partial charge in [-0.1, -0.05) is 23.2 Å². The van der Waals surface area contributed by atoms with Crippen molar-refractivity contribution in [1.29, 1.82) is 0 Å². The summed E-state index contributed by atoms with van der Waals surface area (Å²) in [6.07, 6.45) is 1.21. The van der Waals surface area contributed by atoms with Gasteiger partial charge in [0.25, 0.3) is 5.91 Å². The number of anilines is 1. The number of pyridine rings is 1. The van der Waals surface area contributed by atoms with E-state index in [2.05, 4.69) is 10.3 Å². The van der Waals surface area contributed by atoms with E-state index in [1.807, 2.05) is 0 Å². The zero-order valence-corrected chi connectivity index (χ0v) is 11.8. The SMILES string of the molecule is O=C(Nc1ccc(O)cc1C(=O)O)c1cnc(Cl)c(Cl)c1. The van der Waals surface area contributed by atoms with Crippen molar-refractivity contribution in [2.75, 3.05) is 5.32 Å². The fourth-order valence-corrected chi connectivity index (χ4v) is 1.83. The molecule has 0 aliphatic rings. The standard InChI is InChI=1S/C13H8Cl2N2O4/c14-9-3-6(5-16-11(9)15)12(19)17-10-2-1-7(18)4-8(10)13(20)21/h1-5,18H,(H,17,19)(H,20,21). The predicted molar refractivity (Wildman–Crippen MR) is 77.3 cm³/mol. The highest BCUT2D eigenvalue weighted by Gasteiger charge is 2.15. The van der Waals surface area contributed by atoms with Crippen molar-refractivity contribution in [3.8, 4) is 5.75 Å². The van der Waals surface area contributed by atoms with Gasteiger partial charge in [-0.25, -0.2) is 9.78 Å². The van der Waals surface area contributed by atoms with Gasteiger partial charge in [-0.3, -0.25) is 4.79 Å². The van der Waals surface area contributed by atoms with Crippen LogP contribution in [0.2, 0.25) is 10.2 Å². The fourth-order valence-electron chi connectivity index (χ4n) is 1.56. The molecule has 0 atom stereocenters. The molecule has 3 N–H and O–H groups in total. The van der Waals surface area contributed by atoms with Crippen LogP contribution in [0.15, 0.2) is 30.5 Å². The smallest absolute Gasteiger partial charge is 0.337 e. The first kappa shape index (κ1) is 15.1. The molecule has 6 nitrogen and oxygen atoms in total. The number of nitrogens with zero attached hydrogens (tertiary/aromatic N) is 1. The fraction of sp³-hybridized carbons (Fsp3) is 0. The minimum atomic E-state index is -1.28. The molecule has 2 rings (SSSR count). The molecule has 1 amide bonds. The van der Waals surface area contributed by atoms with Gasteiger partial charge in [-0.2, -0.15) is 0 Å². The maximum atomic E-state index is 12.0. The van der Waals surface area contributed by atoms with Crippen LogP contribution in [0.3, 0.4) is 0 Å². The van der Waals surface area contributed by atoms with Gasteiger partial charge in [-0.15, -0.1) is 0 Å². The summed E-state index contributed by atoms with van der Waals surface area (Å²) in [4.78, 5) is 26.8. The minimum Gasteiger partial charge on any atom is -0.508 e. The lowest BCUT2D eigenvalue weighted by Gasteiger charge is -2.09. The number of phenols is 1. The Balaban J connectivity index is 2.31. The Morgan fingerprint density at radius 1 is 1.19 bits per heavy atom. The number of aromatic nitrogens is 1. The van der Waals surface area contributed by atoms with E-state index < -0.39 is 11.9 Å². The van der Waals surface area contributed by atoms with Crippen molar-refractivity contribution in [3.63, 3.8) is 0 Å². The number of aromatic hydroxyl groups is 1. The van der Waals surface area contributed by atoms with E-state index in [9.17, 15) is 14.7 Å². The molecule has 0 fully saturated rings. The van der Waals surface area contributed by atoms with Gasteiger partial charge < -0.3 is 15.5 Å². The lowest BCUT2D eigenvalue weighted by Crippen LogP contribution is -2.15. The van der Waals surface area contributed by atoms with Gasteiger partial charge in [0.1, 0.15) is 10.9 Å². The third-order valence-corrected chi connectivity index (χ3v) is 3.23. The average Bonchev–Trinajstić information content (AvgIpc) is 2.43. The summed E-state index contributed by atoms with van der Waals surface area (Å²) in [5.41, 5.74) is -0.0819. The Morgan fingerprint density at radius 3 is 2.52 bits per heavy atom. The van der Waals surface area contributed by atoms with E-state index in [4.69, 9.17) is 28.3 Å². The summed E-state index contributed by atoms with van der Waals surface area (Å²) < 4.78 is 0. The minimum absolute atomic E-state index is 0.0383. The summed E-state index contributed by atoms with van der Waals surface area (Å²) in [5, 5.41) is 20.9. The molecule has 1 aromatic heterocycles. The molecule has 0 spiro atoms. The van der Waals surface area contributed by atoms with Gasteiger partial charge in [0, 0.05) is 6.20 Å². The first-order valence-corrected chi connectivity index (χ1v) is 6.33. The van der Waals surface area contributed by atoms with Crippen molar-refractivity contribution in [1.82, 2.24) is 4.98 Å². The summed E-state index contributed by atoms with van der Waals surface area (Å²) in [6.45, 7) is 0. The van der Waals surface area contributed by atoms with Crippen LogP contribution in [0.4, 0.5) is 5.69 Å². The Labute approximate surface area is 129 Å². The van der Waals surface area contributed by atoms with Crippen molar-refractivity contribution >= 4 is 40.8 Å². The Bertz CT molecular complexity index is 734. The number of carboxylic acids is 1. The molecule has 2 aromatic rings. The second kappa shape index (κ2) is 5.99. The zero-order chi connectivity index (χ0) is 15.6. The second-order valence-corrected chi connectivity index (χ2v) is 4.75. The number of benzene rings is 1. The third kappa shape index (κ3) is 3.42. The highest BCUT2D eigenvalue weighted by Crippen LogP contribution is 2.23. The number of carbonyl (C=O) groups is 2. The van der Waals surface area contributed by atoms with Gasteiger partial charge in [0.05, 0.1) is 21.8 Å². The number of amides is 1. The van der Waals surface area contributed by atoms with Gasteiger partial charge in [0.15, 0.2) is 0 Å².